The van der Waals surface area contributed by atoms with E-state index in [0.29, 0.717) is 11.3 Å². The number of carboxylic acid groups (broad SMARTS) is 1. The first kappa shape index (κ1) is 18.6. The lowest BCUT2D eigenvalue weighted by atomic mass is 9.95. The van der Waals surface area contributed by atoms with Crippen molar-refractivity contribution in [1.82, 2.24) is 10.3 Å². The topological polar surface area (TPSA) is 108 Å². The van der Waals surface area contributed by atoms with E-state index in [2.05, 4.69) is 15.6 Å². The summed E-state index contributed by atoms with van der Waals surface area (Å²) in [6.45, 7) is 0. The second kappa shape index (κ2) is 8.44. The average Bonchev–Trinajstić information content (AvgIpc) is 2.69. The highest BCUT2D eigenvalue weighted by Gasteiger charge is 2.16. The smallest absolute Gasteiger partial charge is 0.354 e. The van der Waals surface area contributed by atoms with Crippen molar-refractivity contribution < 1.29 is 19.5 Å². The van der Waals surface area contributed by atoms with Gasteiger partial charge in [-0.15, -0.1) is 0 Å². The third-order valence-corrected chi connectivity index (χ3v) is 4.59. The number of carbonyl (C=O) groups is 3. The summed E-state index contributed by atoms with van der Waals surface area (Å²) in [5.74, 6) is -1.66. The zero-order chi connectivity index (χ0) is 19.2. The standard InChI is InChI=1S/C20H21N3O4/c24-18(22-15-4-2-1-3-5-15)13-6-9-16(10-7-13)23-19(25)14-8-11-17(20(26)27)21-12-14/h6-12,15H,1-5H2,(H,22,24)(H,23,25)(H,26,27). The van der Waals surface area contributed by atoms with Crippen LogP contribution in [0, 0.1) is 0 Å². The number of benzene rings is 1. The van der Waals surface area contributed by atoms with Crippen molar-refractivity contribution in [3.05, 3.63) is 59.4 Å². The highest BCUT2D eigenvalue weighted by molar-refractivity contribution is 6.04. The van der Waals surface area contributed by atoms with Gasteiger partial charge in [0.2, 0.25) is 0 Å². The van der Waals surface area contributed by atoms with Crippen molar-refractivity contribution in [2.45, 2.75) is 38.1 Å². The summed E-state index contributed by atoms with van der Waals surface area (Å²) >= 11 is 0. The number of nitrogens with zero attached hydrogens (tertiary/aromatic N) is 1. The van der Waals surface area contributed by atoms with Crippen molar-refractivity contribution in [3.63, 3.8) is 0 Å². The van der Waals surface area contributed by atoms with Crippen molar-refractivity contribution >= 4 is 23.5 Å². The van der Waals surface area contributed by atoms with Crippen LogP contribution in [0.4, 0.5) is 5.69 Å². The van der Waals surface area contributed by atoms with Gasteiger partial charge in [-0.25, -0.2) is 9.78 Å². The van der Waals surface area contributed by atoms with Crippen LogP contribution in [-0.4, -0.2) is 33.9 Å². The van der Waals surface area contributed by atoms with Gasteiger partial charge in [-0.1, -0.05) is 19.3 Å². The molecule has 27 heavy (non-hydrogen) atoms. The first-order chi connectivity index (χ1) is 13.0. The molecule has 1 heterocycles. The maximum absolute atomic E-state index is 12.3. The SMILES string of the molecule is O=C(Nc1ccc(C(=O)NC2CCCCC2)cc1)c1ccc(C(=O)O)nc1. The van der Waals surface area contributed by atoms with Crippen molar-refractivity contribution in [2.24, 2.45) is 0 Å². The normalized spacial score (nSPS) is 14.4. The fraction of sp³-hybridized carbons (Fsp3) is 0.300. The Morgan fingerprint density at radius 3 is 2.15 bits per heavy atom. The monoisotopic (exact) mass is 367 g/mol. The lowest BCUT2D eigenvalue weighted by molar-refractivity contribution is 0.0689. The molecule has 1 aliphatic carbocycles. The molecule has 1 aromatic carbocycles. The van der Waals surface area contributed by atoms with Gasteiger partial charge in [-0.3, -0.25) is 9.59 Å². The highest BCUT2D eigenvalue weighted by atomic mass is 16.4. The molecule has 140 valence electrons. The number of aromatic carboxylic acids is 1. The van der Waals surface area contributed by atoms with Crippen LogP contribution in [0.15, 0.2) is 42.6 Å². The minimum Gasteiger partial charge on any atom is -0.477 e. The Morgan fingerprint density at radius 1 is 0.889 bits per heavy atom. The maximum atomic E-state index is 12.3. The molecule has 0 unspecified atom stereocenters. The van der Waals surface area contributed by atoms with Crippen molar-refractivity contribution in [1.29, 1.82) is 0 Å². The predicted octanol–water partition coefficient (Wildman–Crippen LogP) is 3.09. The van der Waals surface area contributed by atoms with E-state index < -0.39 is 11.9 Å². The number of amides is 2. The molecule has 0 saturated heterocycles. The third-order valence-electron chi connectivity index (χ3n) is 4.59. The van der Waals surface area contributed by atoms with Gasteiger partial charge in [0.05, 0.1) is 5.56 Å². The van der Waals surface area contributed by atoms with E-state index in [1.165, 1.54) is 24.8 Å². The van der Waals surface area contributed by atoms with Crippen LogP contribution in [0.3, 0.4) is 0 Å². The molecule has 7 nitrogen and oxygen atoms in total. The molecule has 1 aromatic heterocycles. The third kappa shape index (κ3) is 4.91. The van der Waals surface area contributed by atoms with Gasteiger partial charge in [0.1, 0.15) is 5.69 Å². The Hall–Kier alpha value is -3.22. The molecule has 2 amide bonds. The van der Waals surface area contributed by atoms with Crippen molar-refractivity contribution in [3.8, 4) is 0 Å². The van der Waals surface area contributed by atoms with Crippen LogP contribution < -0.4 is 10.6 Å². The van der Waals surface area contributed by atoms with Crippen molar-refractivity contribution in [2.75, 3.05) is 5.32 Å². The summed E-state index contributed by atoms with van der Waals surface area (Å²) in [6.07, 6.45) is 6.79. The zero-order valence-corrected chi connectivity index (χ0v) is 14.8. The molecule has 3 rings (SSSR count). The van der Waals surface area contributed by atoms with E-state index in [1.807, 2.05) is 0 Å². The van der Waals surface area contributed by atoms with Gasteiger partial charge in [-0.2, -0.15) is 0 Å². The number of aromatic nitrogens is 1. The zero-order valence-electron chi connectivity index (χ0n) is 14.8. The predicted molar refractivity (Wildman–Crippen MR) is 99.9 cm³/mol. The Labute approximate surface area is 156 Å². The van der Waals surface area contributed by atoms with Gasteiger partial charge < -0.3 is 15.7 Å². The number of pyridine rings is 1. The summed E-state index contributed by atoms with van der Waals surface area (Å²) in [5.41, 5.74) is 1.21. The lowest BCUT2D eigenvalue weighted by Crippen LogP contribution is -2.36. The van der Waals surface area contributed by atoms with Gasteiger partial charge in [0, 0.05) is 23.5 Å². The average molecular weight is 367 g/mol. The molecule has 3 N–H and O–H groups in total. The van der Waals surface area contributed by atoms with E-state index in [1.54, 1.807) is 24.3 Å². The van der Waals surface area contributed by atoms with Crippen LogP contribution in [0.5, 0.6) is 0 Å². The van der Waals surface area contributed by atoms with Gasteiger partial charge in [0.25, 0.3) is 11.8 Å². The minimum absolute atomic E-state index is 0.103. The van der Waals surface area contributed by atoms with Crippen LogP contribution in [0.2, 0.25) is 0 Å². The summed E-state index contributed by atoms with van der Waals surface area (Å²) in [5, 5.41) is 14.6. The first-order valence-electron chi connectivity index (χ1n) is 8.94. The van der Waals surface area contributed by atoms with Crippen LogP contribution in [-0.2, 0) is 0 Å². The Kier molecular flexibility index (Phi) is 5.80. The molecule has 0 spiro atoms. The molecule has 1 aliphatic rings. The quantitative estimate of drug-likeness (QED) is 0.752. The number of carbonyl (C=O) groups excluding carboxylic acids is 2. The van der Waals surface area contributed by atoms with Gasteiger partial charge in [0.15, 0.2) is 0 Å². The molecule has 7 heteroatoms. The first-order valence-corrected chi connectivity index (χ1v) is 8.94. The molecule has 0 bridgehead atoms. The molecule has 1 saturated carbocycles. The fourth-order valence-corrected chi connectivity index (χ4v) is 3.08. The van der Waals surface area contributed by atoms with Gasteiger partial charge in [-0.05, 0) is 49.2 Å². The molecule has 2 aromatic rings. The number of hydrogen-bond acceptors (Lipinski definition) is 4. The van der Waals surface area contributed by atoms with Gasteiger partial charge >= 0.3 is 5.97 Å². The van der Waals surface area contributed by atoms with Crippen LogP contribution in [0.25, 0.3) is 0 Å². The largest absolute Gasteiger partial charge is 0.477 e. The van der Waals surface area contributed by atoms with E-state index in [4.69, 9.17) is 5.11 Å². The Balaban J connectivity index is 1.58. The summed E-state index contributed by atoms with van der Waals surface area (Å²) in [6, 6.07) is 9.57. The van der Waals surface area contributed by atoms with E-state index in [0.717, 1.165) is 25.7 Å². The lowest BCUT2D eigenvalue weighted by Gasteiger charge is -2.22. The summed E-state index contributed by atoms with van der Waals surface area (Å²) < 4.78 is 0. The van der Waals surface area contributed by atoms with E-state index in [-0.39, 0.29) is 23.2 Å². The number of anilines is 1. The molecular weight excluding hydrogens is 346 g/mol. The molecule has 0 aliphatic heterocycles. The Bertz CT molecular complexity index is 825. The summed E-state index contributed by atoms with van der Waals surface area (Å²) in [7, 11) is 0. The molecule has 0 radical (unpaired) electrons. The molecular formula is C20H21N3O4. The maximum Gasteiger partial charge on any atom is 0.354 e. The second-order valence-corrected chi connectivity index (χ2v) is 6.58. The number of carboxylic acids is 1. The molecule has 1 fully saturated rings. The number of nitrogens with one attached hydrogen (secondary N) is 2. The number of rotatable bonds is 5. The van der Waals surface area contributed by atoms with E-state index in [9.17, 15) is 14.4 Å². The minimum atomic E-state index is -1.15. The van der Waals surface area contributed by atoms with Crippen LogP contribution >= 0.6 is 0 Å². The second-order valence-electron chi connectivity index (χ2n) is 6.58. The number of hydrogen-bond donors (Lipinski definition) is 3. The summed E-state index contributed by atoms with van der Waals surface area (Å²) in [4.78, 5) is 39.0. The Morgan fingerprint density at radius 2 is 1.56 bits per heavy atom. The highest BCUT2D eigenvalue weighted by Crippen LogP contribution is 2.18. The molecule has 0 atom stereocenters. The van der Waals surface area contributed by atoms with Crippen LogP contribution in [0.1, 0.15) is 63.3 Å². The van der Waals surface area contributed by atoms with E-state index >= 15 is 0 Å². The fourth-order valence-electron chi connectivity index (χ4n) is 3.08.